The highest BCUT2D eigenvalue weighted by atomic mass is 19.4. The van der Waals surface area contributed by atoms with Crippen molar-refractivity contribution < 1.29 is 17.9 Å². The Morgan fingerprint density at radius 2 is 1.69 bits per heavy atom. The monoisotopic (exact) mass is 228 g/mol. The van der Waals surface area contributed by atoms with E-state index in [1.165, 1.54) is 24.3 Å². The van der Waals surface area contributed by atoms with Gasteiger partial charge in [0, 0.05) is 11.5 Å². The number of ether oxygens (including phenoxy) is 1. The Labute approximate surface area is 92.2 Å². The molecule has 0 heterocycles. The molecule has 0 N–H and O–H groups in total. The van der Waals surface area contributed by atoms with Crippen LogP contribution in [0, 0.1) is 17.8 Å². The second kappa shape index (κ2) is 4.93. The average molecular weight is 228 g/mol. The molecule has 4 heteroatoms. The molecule has 1 aromatic rings. The van der Waals surface area contributed by atoms with Crippen LogP contribution in [0.1, 0.15) is 19.4 Å². The summed E-state index contributed by atoms with van der Waals surface area (Å²) in [6, 6.07) is 5.49. The van der Waals surface area contributed by atoms with Crippen LogP contribution in [0.3, 0.4) is 0 Å². The van der Waals surface area contributed by atoms with Gasteiger partial charge in [-0.15, -0.1) is 13.2 Å². The Balaban J connectivity index is 2.73. The number of hydrogen-bond acceptors (Lipinski definition) is 1. The lowest BCUT2D eigenvalue weighted by Crippen LogP contribution is -2.16. The summed E-state index contributed by atoms with van der Waals surface area (Å²) in [6.07, 6.45) is -4.65. The number of alkyl halides is 3. The van der Waals surface area contributed by atoms with Crippen molar-refractivity contribution in [2.75, 3.05) is 0 Å². The molecule has 0 saturated carbocycles. The van der Waals surface area contributed by atoms with Crippen LogP contribution in [0.15, 0.2) is 24.3 Å². The van der Waals surface area contributed by atoms with Gasteiger partial charge in [-0.05, 0) is 24.3 Å². The molecule has 16 heavy (non-hydrogen) atoms. The fourth-order valence-electron chi connectivity index (χ4n) is 0.968. The van der Waals surface area contributed by atoms with E-state index in [1.807, 2.05) is 13.8 Å². The smallest absolute Gasteiger partial charge is 0.406 e. The molecule has 0 amide bonds. The van der Waals surface area contributed by atoms with Crippen molar-refractivity contribution in [1.82, 2.24) is 0 Å². The second-order valence-electron chi connectivity index (χ2n) is 3.50. The van der Waals surface area contributed by atoms with E-state index < -0.39 is 6.36 Å². The molecule has 1 nitrogen and oxygen atoms in total. The van der Waals surface area contributed by atoms with E-state index >= 15 is 0 Å². The summed E-state index contributed by atoms with van der Waals surface area (Å²) < 4.78 is 39.3. The highest BCUT2D eigenvalue weighted by Crippen LogP contribution is 2.22. The van der Waals surface area contributed by atoms with Crippen molar-refractivity contribution in [1.29, 1.82) is 0 Å². The predicted molar refractivity (Wildman–Crippen MR) is 54.8 cm³/mol. The van der Waals surface area contributed by atoms with E-state index in [2.05, 4.69) is 16.6 Å². The van der Waals surface area contributed by atoms with E-state index in [1.54, 1.807) is 0 Å². The maximum absolute atomic E-state index is 11.8. The zero-order valence-electron chi connectivity index (χ0n) is 8.93. The van der Waals surface area contributed by atoms with Gasteiger partial charge in [-0.3, -0.25) is 0 Å². The normalized spacial score (nSPS) is 10.9. The summed E-state index contributed by atoms with van der Waals surface area (Å²) in [5.74, 6) is 5.76. The van der Waals surface area contributed by atoms with E-state index in [4.69, 9.17) is 0 Å². The first-order valence-electron chi connectivity index (χ1n) is 4.74. The third-order valence-corrected chi connectivity index (χ3v) is 1.59. The maximum Gasteiger partial charge on any atom is 0.573 e. The van der Waals surface area contributed by atoms with Crippen LogP contribution in [-0.4, -0.2) is 6.36 Å². The van der Waals surface area contributed by atoms with Crippen molar-refractivity contribution in [3.63, 3.8) is 0 Å². The minimum Gasteiger partial charge on any atom is -0.406 e. The Kier molecular flexibility index (Phi) is 3.83. The molecule has 86 valence electrons. The minimum atomic E-state index is -4.65. The van der Waals surface area contributed by atoms with Gasteiger partial charge in [0.25, 0.3) is 0 Å². The third-order valence-electron chi connectivity index (χ3n) is 1.59. The Hall–Kier alpha value is -1.63. The lowest BCUT2D eigenvalue weighted by atomic mass is 10.2. The summed E-state index contributed by atoms with van der Waals surface area (Å²) in [5, 5.41) is 0. The van der Waals surface area contributed by atoms with E-state index in [9.17, 15) is 13.2 Å². The van der Waals surface area contributed by atoms with Gasteiger partial charge in [0.2, 0.25) is 0 Å². The molecule has 1 aromatic carbocycles. The van der Waals surface area contributed by atoms with Crippen molar-refractivity contribution in [3.8, 4) is 17.6 Å². The average Bonchev–Trinajstić information content (AvgIpc) is 2.14. The molecule has 0 fully saturated rings. The first kappa shape index (κ1) is 12.4. The van der Waals surface area contributed by atoms with Crippen LogP contribution >= 0.6 is 0 Å². The molecule has 0 radical (unpaired) electrons. The molecule has 0 aromatic heterocycles. The van der Waals surface area contributed by atoms with Gasteiger partial charge >= 0.3 is 6.36 Å². The van der Waals surface area contributed by atoms with Crippen molar-refractivity contribution in [2.45, 2.75) is 20.2 Å². The quantitative estimate of drug-likeness (QED) is 0.667. The third kappa shape index (κ3) is 4.74. The molecule has 0 atom stereocenters. The van der Waals surface area contributed by atoms with Crippen LogP contribution < -0.4 is 4.74 Å². The Morgan fingerprint density at radius 3 is 2.12 bits per heavy atom. The van der Waals surface area contributed by atoms with Crippen LogP contribution in [0.2, 0.25) is 0 Å². The van der Waals surface area contributed by atoms with Gasteiger partial charge in [0.15, 0.2) is 0 Å². The van der Waals surface area contributed by atoms with Crippen molar-refractivity contribution in [2.24, 2.45) is 5.92 Å². The minimum absolute atomic E-state index is 0.228. The summed E-state index contributed by atoms with van der Waals surface area (Å²) in [4.78, 5) is 0. The van der Waals surface area contributed by atoms with E-state index in [-0.39, 0.29) is 11.7 Å². The van der Waals surface area contributed by atoms with Crippen molar-refractivity contribution >= 4 is 0 Å². The van der Waals surface area contributed by atoms with Gasteiger partial charge in [-0.2, -0.15) is 0 Å². The van der Waals surface area contributed by atoms with Crippen LogP contribution in [-0.2, 0) is 0 Å². The van der Waals surface area contributed by atoms with E-state index in [0.717, 1.165) is 0 Å². The van der Waals surface area contributed by atoms with Gasteiger partial charge in [0.05, 0.1) is 0 Å². The summed E-state index contributed by atoms with van der Waals surface area (Å²) >= 11 is 0. The number of halogens is 3. The first-order chi connectivity index (χ1) is 7.37. The molecule has 1 rings (SSSR count). The molecule has 0 spiro atoms. The lowest BCUT2D eigenvalue weighted by Gasteiger charge is -2.07. The Bertz CT molecular complexity index is 393. The standard InChI is InChI=1S/C12H11F3O/c1-9(2)3-4-10-5-7-11(8-6-10)16-12(13,14)15/h5-9H,1-2H3. The molecule has 0 unspecified atom stereocenters. The summed E-state index contributed by atoms with van der Waals surface area (Å²) in [6.45, 7) is 3.88. The number of rotatable bonds is 1. The molecule has 0 bridgehead atoms. The lowest BCUT2D eigenvalue weighted by molar-refractivity contribution is -0.274. The summed E-state index contributed by atoms with van der Waals surface area (Å²) in [5.41, 5.74) is 0.670. The SMILES string of the molecule is CC(C)C#Cc1ccc(OC(F)(F)F)cc1. The van der Waals surface area contributed by atoms with Crippen molar-refractivity contribution in [3.05, 3.63) is 29.8 Å². The van der Waals surface area contributed by atoms with Gasteiger partial charge < -0.3 is 4.74 Å². The van der Waals surface area contributed by atoms with Gasteiger partial charge in [-0.25, -0.2) is 0 Å². The summed E-state index contributed by atoms with van der Waals surface area (Å²) in [7, 11) is 0. The highest BCUT2D eigenvalue weighted by molar-refractivity contribution is 5.38. The van der Waals surface area contributed by atoms with Crippen LogP contribution in [0.5, 0.6) is 5.75 Å². The second-order valence-corrected chi connectivity index (χ2v) is 3.50. The Morgan fingerprint density at radius 1 is 1.12 bits per heavy atom. The topological polar surface area (TPSA) is 9.23 Å². The maximum atomic E-state index is 11.8. The molecule has 0 aliphatic carbocycles. The molecule has 0 saturated heterocycles. The number of hydrogen-bond donors (Lipinski definition) is 0. The predicted octanol–water partition coefficient (Wildman–Crippen LogP) is 3.59. The van der Waals surface area contributed by atoms with Crippen LogP contribution in [0.4, 0.5) is 13.2 Å². The fraction of sp³-hybridized carbons (Fsp3) is 0.333. The highest BCUT2D eigenvalue weighted by Gasteiger charge is 2.30. The fourth-order valence-corrected chi connectivity index (χ4v) is 0.968. The molecule has 0 aliphatic heterocycles. The molecular weight excluding hydrogens is 217 g/mol. The largest absolute Gasteiger partial charge is 0.573 e. The first-order valence-corrected chi connectivity index (χ1v) is 4.74. The number of benzene rings is 1. The van der Waals surface area contributed by atoms with Gasteiger partial charge in [0.1, 0.15) is 5.75 Å². The van der Waals surface area contributed by atoms with E-state index in [0.29, 0.717) is 5.56 Å². The van der Waals surface area contributed by atoms with Gasteiger partial charge in [-0.1, -0.05) is 25.7 Å². The zero-order valence-corrected chi connectivity index (χ0v) is 8.93. The van der Waals surface area contributed by atoms with Crippen LogP contribution in [0.25, 0.3) is 0 Å². The zero-order chi connectivity index (χ0) is 12.2. The molecule has 0 aliphatic rings. The molecular formula is C12H11F3O.